The summed E-state index contributed by atoms with van der Waals surface area (Å²) in [4.78, 5) is 20.4. The van der Waals surface area contributed by atoms with Crippen LogP contribution in [-0.4, -0.2) is 21.8 Å². The molecule has 0 saturated carbocycles. The first-order valence-corrected chi connectivity index (χ1v) is 8.81. The summed E-state index contributed by atoms with van der Waals surface area (Å²) in [5.74, 6) is -0.985. The molecule has 27 heavy (non-hydrogen) atoms. The average Bonchev–Trinajstić information content (AvgIpc) is 3.15. The average molecular weight is 375 g/mol. The van der Waals surface area contributed by atoms with E-state index >= 15 is 0 Å². The molecule has 0 spiro atoms. The second kappa shape index (κ2) is 7.17. The number of carbonyl (C=O) groups is 1. The number of pyridine rings is 1. The van der Waals surface area contributed by atoms with Gasteiger partial charge in [-0.3, -0.25) is 9.98 Å². The van der Waals surface area contributed by atoms with E-state index in [2.05, 4.69) is 4.98 Å². The van der Waals surface area contributed by atoms with Crippen LogP contribution in [0.3, 0.4) is 0 Å². The Morgan fingerprint density at radius 1 is 0.963 bits per heavy atom. The number of aliphatic imine (C=N–C) groups is 1. The van der Waals surface area contributed by atoms with Crippen LogP contribution >= 0.6 is 11.6 Å². The van der Waals surface area contributed by atoms with Gasteiger partial charge >= 0.3 is 5.97 Å². The molecule has 4 nitrogen and oxygen atoms in total. The fraction of sp³-hybridized carbons (Fsp3) is 0.0455. The molecule has 2 heterocycles. The summed E-state index contributed by atoms with van der Waals surface area (Å²) >= 11 is 6.44. The maximum Gasteiger partial charge on any atom is 0.335 e. The van der Waals surface area contributed by atoms with Crippen LogP contribution in [0, 0.1) is 0 Å². The lowest BCUT2D eigenvalue weighted by Gasteiger charge is -2.10. The highest BCUT2D eigenvalue weighted by atomic mass is 35.5. The molecule has 1 N–H and O–H groups in total. The fourth-order valence-electron chi connectivity index (χ4n) is 3.15. The quantitative estimate of drug-likeness (QED) is 0.683. The molecule has 0 unspecified atom stereocenters. The Morgan fingerprint density at radius 2 is 1.70 bits per heavy atom. The van der Waals surface area contributed by atoms with Crippen LogP contribution in [0.4, 0.5) is 0 Å². The molecular formula is C22H15ClN2O2. The number of carboxylic acid groups (broad SMARTS) is 1. The summed E-state index contributed by atoms with van der Waals surface area (Å²) < 4.78 is 0. The van der Waals surface area contributed by atoms with Crippen molar-refractivity contribution in [1.82, 2.24) is 4.98 Å². The second-order valence-electron chi connectivity index (χ2n) is 6.16. The summed E-state index contributed by atoms with van der Waals surface area (Å²) in [5, 5.41) is 9.87. The second-order valence-corrected chi connectivity index (χ2v) is 6.57. The summed E-state index contributed by atoms with van der Waals surface area (Å²) in [5.41, 5.74) is 5.47. The van der Waals surface area contributed by atoms with Gasteiger partial charge in [-0.25, -0.2) is 4.79 Å². The zero-order valence-corrected chi connectivity index (χ0v) is 15.0. The summed E-state index contributed by atoms with van der Waals surface area (Å²) in [6.45, 7) is 0. The molecule has 1 aliphatic rings. The van der Waals surface area contributed by atoms with Gasteiger partial charge in [0.15, 0.2) is 0 Å². The van der Waals surface area contributed by atoms with Gasteiger partial charge in [0.2, 0.25) is 0 Å². The topological polar surface area (TPSA) is 62.5 Å². The molecule has 1 aliphatic heterocycles. The van der Waals surface area contributed by atoms with E-state index in [0.717, 1.165) is 28.1 Å². The standard InChI is InChI=1S/C22H15ClN2O2/c23-19-7-6-16(22(26)27)12-17(19)18-13-20(14-4-2-1-3-5-14)25-21(18)15-8-10-24-11-9-15/h1-12H,13H2,(H,26,27). The lowest BCUT2D eigenvalue weighted by molar-refractivity contribution is 0.0697. The fourth-order valence-corrected chi connectivity index (χ4v) is 3.38. The first-order chi connectivity index (χ1) is 13.1. The number of hydrogen-bond acceptors (Lipinski definition) is 3. The third-order valence-corrected chi connectivity index (χ3v) is 4.81. The lowest BCUT2D eigenvalue weighted by atomic mass is 9.95. The number of benzene rings is 2. The van der Waals surface area contributed by atoms with E-state index in [9.17, 15) is 9.90 Å². The van der Waals surface area contributed by atoms with Crippen molar-refractivity contribution in [2.75, 3.05) is 0 Å². The monoisotopic (exact) mass is 374 g/mol. The third-order valence-electron chi connectivity index (χ3n) is 4.48. The van der Waals surface area contributed by atoms with Crippen molar-refractivity contribution in [1.29, 1.82) is 0 Å². The number of carboxylic acids is 1. The van der Waals surface area contributed by atoms with Crippen molar-refractivity contribution in [3.63, 3.8) is 0 Å². The highest BCUT2D eigenvalue weighted by Gasteiger charge is 2.24. The number of hydrogen-bond donors (Lipinski definition) is 1. The van der Waals surface area contributed by atoms with Crippen molar-refractivity contribution in [2.45, 2.75) is 6.42 Å². The summed E-state index contributed by atoms with van der Waals surface area (Å²) in [6.07, 6.45) is 4.00. The molecule has 1 aromatic heterocycles. The first kappa shape index (κ1) is 17.2. The Kier molecular flexibility index (Phi) is 4.57. The van der Waals surface area contributed by atoms with E-state index < -0.39 is 5.97 Å². The molecule has 5 heteroatoms. The molecule has 0 aliphatic carbocycles. The van der Waals surface area contributed by atoms with Crippen molar-refractivity contribution in [3.05, 3.63) is 100 Å². The van der Waals surface area contributed by atoms with Crippen molar-refractivity contribution >= 4 is 34.6 Å². The minimum Gasteiger partial charge on any atom is -0.478 e. The van der Waals surface area contributed by atoms with Gasteiger partial charge in [-0.05, 0) is 47.0 Å². The van der Waals surface area contributed by atoms with E-state index in [0.29, 0.717) is 17.0 Å². The zero-order valence-electron chi connectivity index (χ0n) is 14.3. The first-order valence-electron chi connectivity index (χ1n) is 8.43. The Bertz CT molecular complexity index is 1070. The van der Waals surface area contributed by atoms with E-state index in [4.69, 9.17) is 16.6 Å². The Morgan fingerprint density at radius 3 is 2.41 bits per heavy atom. The molecule has 0 fully saturated rings. The predicted molar refractivity (Wildman–Crippen MR) is 107 cm³/mol. The van der Waals surface area contributed by atoms with Crippen LogP contribution in [0.2, 0.25) is 5.02 Å². The molecule has 0 radical (unpaired) electrons. The largest absolute Gasteiger partial charge is 0.478 e. The number of aromatic carboxylic acids is 1. The molecule has 0 atom stereocenters. The molecule has 0 saturated heterocycles. The highest BCUT2D eigenvalue weighted by molar-refractivity contribution is 6.33. The number of allylic oxidation sites excluding steroid dienone is 1. The van der Waals surface area contributed by atoms with Crippen molar-refractivity contribution < 1.29 is 9.90 Å². The maximum absolute atomic E-state index is 11.4. The van der Waals surface area contributed by atoms with Crippen molar-refractivity contribution in [3.8, 4) is 0 Å². The Labute approximate surface area is 161 Å². The smallest absolute Gasteiger partial charge is 0.335 e. The minimum absolute atomic E-state index is 0.198. The number of aromatic nitrogens is 1. The van der Waals surface area contributed by atoms with Crippen LogP contribution < -0.4 is 0 Å². The molecule has 3 aromatic rings. The SMILES string of the molecule is O=C(O)c1ccc(Cl)c(C2=C(c3ccncc3)N=C(c3ccccc3)C2)c1. The van der Waals surface area contributed by atoms with E-state index in [1.54, 1.807) is 24.5 Å². The lowest BCUT2D eigenvalue weighted by Crippen LogP contribution is -2.00. The van der Waals surface area contributed by atoms with Gasteiger partial charge < -0.3 is 5.11 Å². The van der Waals surface area contributed by atoms with E-state index in [-0.39, 0.29) is 5.56 Å². The molecule has 0 amide bonds. The molecule has 132 valence electrons. The summed E-state index contributed by atoms with van der Waals surface area (Å²) in [7, 11) is 0. The number of halogens is 1. The van der Waals surface area contributed by atoms with Gasteiger partial charge in [-0.15, -0.1) is 0 Å². The molecular weight excluding hydrogens is 360 g/mol. The van der Waals surface area contributed by atoms with Gasteiger partial charge in [0.1, 0.15) is 0 Å². The van der Waals surface area contributed by atoms with Crippen LogP contribution in [0.1, 0.15) is 33.5 Å². The number of nitrogens with zero attached hydrogens (tertiary/aromatic N) is 2. The Balaban J connectivity index is 1.87. The molecule has 0 bridgehead atoms. The maximum atomic E-state index is 11.4. The molecule has 4 rings (SSSR count). The highest BCUT2D eigenvalue weighted by Crippen LogP contribution is 2.39. The van der Waals surface area contributed by atoms with E-state index in [1.807, 2.05) is 42.5 Å². The van der Waals surface area contributed by atoms with Gasteiger partial charge in [0.05, 0.1) is 17.0 Å². The Hall–Kier alpha value is -3.24. The molecule has 2 aromatic carbocycles. The van der Waals surface area contributed by atoms with Crippen LogP contribution in [0.25, 0.3) is 11.3 Å². The third kappa shape index (κ3) is 3.39. The predicted octanol–water partition coefficient (Wildman–Crippen LogP) is 5.19. The van der Waals surface area contributed by atoms with Crippen LogP contribution in [0.5, 0.6) is 0 Å². The van der Waals surface area contributed by atoms with Gasteiger partial charge in [-0.1, -0.05) is 41.9 Å². The minimum atomic E-state index is -0.985. The normalized spacial score (nSPS) is 13.6. The van der Waals surface area contributed by atoms with E-state index in [1.165, 1.54) is 6.07 Å². The van der Waals surface area contributed by atoms with Crippen LogP contribution in [0.15, 0.2) is 78.0 Å². The zero-order chi connectivity index (χ0) is 18.8. The van der Waals surface area contributed by atoms with Gasteiger partial charge in [0.25, 0.3) is 0 Å². The number of rotatable bonds is 4. The van der Waals surface area contributed by atoms with Gasteiger partial charge in [-0.2, -0.15) is 0 Å². The van der Waals surface area contributed by atoms with Crippen molar-refractivity contribution in [2.24, 2.45) is 4.99 Å². The van der Waals surface area contributed by atoms with Gasteiger partial charge in [0, 0.05) is 29.4 Å². The van der Waals surface area contributed by atoms with Crippen LogP contribution in [-0.2, 0) is 0 Å². The summed E-state index contributed by atoms with van der Waals surface area (Å²) in [6, 6.07) is 18.5.